The SMILES string of the molecule is CCc1cccc(NC(=O)COC(=O)c2cc(C)oc2C)c1. The summed E-state index contributed by atoms with van der Waals surface area (Å²) < 4.78 is 10.3. The number of carbonyl (C=O) groups excluding carboxylic acids is 2. The predicted molar refractivity (Wildman–Crippen MR) is 82.9 cm³/mol. The van der Waals surface area contributed by atoms with Crippen LogP contribution >= 0.6 is 0 Å². The Labute approximate surface area is 129 Å². The van der Waals surface area contributed by atoms with Gasteiger partial charge in [0.05, 0.1) is 0 Å². The van der Waals surface area contributed by atoms with Crippen molar-refractivity contribution in [2.75, 3.05) is 11.9 Å². The van der Waals surface area contributed by atoms with Gasteiger partial charge in [-0.25, -0.2) is 4.79 Å². The van der Waals surface area contributed by atoms with E-state index in [-0.39, 0.29) is 12.5 Å². The summed E-state index contributed by atoms with van der Waals surface area (Å²) in [4.78, 5) is 23.7. The van der Waals surface area contributed by atoms with Gasteiger partial charge in [0.15, 0.2) is 6.61 Å². The van der Waals surface area contributed by atoms with Gasteiger partial charge in [0.1, 0.15) is 17.1 Å². The van der Waals surface area contributed by atoms with E-state index < -0.39 is 5.97 Å². The van der Waals surface area contributed by atoms with Gasteiger partial charge in [-0.3, -0.25) is 4.79 Å². The highest BCUT2D eigenvalue weighted by Gasteiger charge is 2.16. The van der Waals surface area contributed by atoms with Gasteiger partial charge in [0.2, 0.25) is 0 Å². The average Bonchev–Trinajstić information content (AvgIpc) is 2.83. The smallest absolute Gasteiger partial charge is 0.342 e. The van der Waals surface area contributed by atoms with E-state index in [2.05, 4.69) is 5.32 Å². The quantitative estimate of drug-likeness (QED) is 0.861. The number of benzene rings is 1. The Kier molecular flexibility index (Phi) is 4.99. The van der Waals surface area contributed by atoms with Crippen molar-refractivity contribution in [1.29, 1.82) is 0 Å². The van der Waals surface area contributed by atoms with Crippen LogP contribution in [0.5, 0.6) is 0 Å². The molecule has 5 heteroatoms. The molecule has 0 aliphatic carbocycles. The van der Waals surface area contributed by atoms with Crippen molar-refractivity contribution in [3.63, 3.8) is 0 Å². The standard InChI is InChI=1S/C17H19NO4/c1-4-13-6-5-7-14(9-13)18-16(19)10-21-17(20)15-8-11(2)22-12(15)3/h5-9H,4,10H2,1-3H3,(H,18,19). The Morgan fingerprint density at radius 1 is 1.23 bits per heavy atom. The van der Waals surface area contributed by atoms with Crippen molar-refractivity contribution >= 4 is 17.6 Å². The first-order valence-corrected chi connectivity index (χ1v) is 7.12. The van der Waals surface area contributed by atoms with Crippen molar-refractivity contribution < 1.29 is 18.7 Å². The molecule has 1 N–H and O–H groups in total. The topological polar surface area (TPSA) is 68.5 Å². The largest absolute Gasteiger partial charge is 0.466 e. The second kappa shape index (κ2) is 6.93. The molecule has 1 aromatic carbocycles. The molecule has 5 nitrogen and oxygen atoms in total. The molecule has 2 rings (SSSR count). The van der Waals surface area contributed by atoms with Crippen LogP contribution in [-0.2, 0) is 16.0 Å². The minimum absolute atomic E-state index is 0.334. The van der Waals surface area contributed by atoms with Gasteiger partial charge in [0, 0.05) is 5.69 Å². The second-order valence-electron chi connectivity index (χ2n) is 5.01. The number of hydrogen-bond acceptors (Lipinski definition) is 4. The van der Waals surface area contributed by atoms with Crippen LogP contribution in [0.2, 0.25) is 0 Å². The molecule has 0 atom stereocenters. The van der Waals surface area contributed by atoms with Crippen LogP contribution in [0.1, 0.15) is 34.4 Å². The summed E-state index contributed by atoms with van der Waals surface area (Å²) in [6, 6.07) is 9.14. The molecule has 0 aliphatic heterocycles. The van der Waals surface area contributed by atoms with Crippen LogP contribution in [0.15, 0.2) is 34.7 Å². The normalized spacial score (nSPS) is 10.3. The Morgan fingerprint density at radius 3 is 2.64 bits per heavy atom. The van der Waals surface area contributed by atoms with Crippen molar-refractivity contribution in [3.8, 4) is 0 Å². The van der Waals surface area contributed by atoms with Gasteiger partial charge < -0.3 is 14.5 Å². The first-order valence-electron chi connectivity index (χ1n) is 7.12. The summed E-state index contributed by atoms with van der Waals surface area (Å²) >= 11 is 0. The van der Waals surface area contributed by atoms with Gasteiger partial charge in [0.25, 0.3) is 5.91 Å². The molecule has 0 bridgehead atoms. The van der Waals surface area contributed by atoms with E-state index >= 15 is 0 Å². The molecule has 0 spiro atoms. The van der Waals surface area contributed by atoms with E-state index in [9.17, 15) is 9.59 Å². The highest BCUT2D eigenvalue weighted by Crippen LogP contribution is 2.15. The maximum atomic E-state index is 11.9. The third kappa shape index (κ3) is 3.97. The van der Waals surface area contributed by atoms with E-state index in [1.165, 1.54) is 0 Å². The van der Waals surface area contributed by atoms with Crippen LogP contribution in [0.3, 0.4) is 0 Å². The van der Waals surface area contributed by atoms with Crippen molar-refractivity contribution in [1.82, 2.24) is 0 Å². The molecule has 22 heavy (non-hydrogen) atoms. The number of furan rings is 1. The van der Waals surface area contributed by atoms with E-state index in [0.717, 1.165) is 12.0 Å². The molecule has 0 unspecified atom stereocenters. The molecule has 0 aliphatic rings. The number of nitrogens with one attached hydrogen (secondary N) is 1. The fraction of sp³-hybridized carbons (Fsp3) is 0.294. The second-order valence-corrected chi connectivity index (χ2v) is 5.01. The maximum absolute atomic E-state index is 11.9. The Morgan fingerprint density at radius 2 is 2.00 bits per heavy atom. The molecular weight excluding hydrogens is 282 g/mol. The van der Waals surface area contributed by atoms with Crippen LogP contribution in [0.25, 0.3) is 0 Å². The number of esters is 1. The third-order valence-corrected chi connectivity index (χ3v) is 3.21. The van der Waals surface area contributed by atoms with Crippen LogP contribution < -0.4 is 5.32 Å². The monoisotopic (exact) mass is 301 g/mol. The van der Waals surface area contributed by atoms with E-state index in [1.54, 1.807) is 26.0 Å². The van der Waals surface area contributed by atoms with E-state index in [1.807, 2.05) is 25.1 Å². The molecule has 1 aromatic heterocycles. The molecule has 0 saturated heterocycles. The zero-order valence-corrected chi connectivity index (χ0v) is 12.9. The lowest BCUT2D eigenvalue weighted by Gasteiger charge is -2.07. The number of aryl methyl sites for hydroxylation is 3. The highest BCUT2D eigenvalue weighted by molar-refractivity contribution is 5.95. The molecule has 0 fully saturated rings. The average molecular weight is 301 g/mol. The minimum Gasteiger partial charge on any atom is -0.466 e. The van der Waals surface area contributed by atoms with Gasteiger partial charge in [-0.15, -0.1) is 0 Å². The summed E-state index contributed by atoms with van der Waals surface area (Å²) in [6.45, 7) is 5.13. The van der Waals surface area contributed by atoms with Gasteiger partial charge >= 0.3 is 5.97 Å². The lowest BCUT2D eigenvalue weighted by molar-refractivity contribution is -0.119. The highest BCUT2D eigenvalue weighted by atomic mass is 16.5. The predicted octanol–water partition coefficient (Wildman–Crippen LogP) is 3.25. The summed E-state index contributed by atoms with van der Waals surface area (Å²) in [5, 5.41) is 2.70. The fourth-order valence-corrected chi connectivity index (χ4v) is 2.11. The third-order valence-electron chi connectivity index (χ3n) is 3.21. The summed E-state index contributed by atoms with van der Waals surface area (Å²) in [6.07, 6.45) is 0.887. The number of ether oxygens (including phenoxy) is 1. The molecule has 116 valence electrons. The molecule has 0 radical (unpaired) electrons. The summed E-state index contributed by atoms with van der Waals surface area (Å²) in [7, 11) is 0. The van der Waals surface area contributed by atoms with Gasteiger partial charge in [-0.05, 0) is 44.0 Å². The van der Waals surface area contributed by atoms with Gasteiger partial charge in [-0.1, -0.05) is 19.1 Å². The van der Waals surface area contributed by atoms with Crippen molar-refractivity contribution in [2.45, 2.75) is 27.2 Å². The zero-order valence-electron chi connectivity index (χ0n) is 12.9. The van der Waals surface area contributed by atoms with E-state index in [4.69, 9.17) is 9.15 Å². The lowest BCUT2D eigenvalue weighted by Crippen LogP contribution is -2.21. The molecule has 1 amide bonds. The lowest BCUT2D eigenvalue weighted by atomic mass is 10.1. The number of rotatable bonds is 5. The van der Waals surface area contributed by atoms with E-state index in [0.29, 0.717) is 22.8 Å². The number of anilines is 1. The Hall–Kier alpha value is -2.56. The number of amides is 1. The van der Waals surface area contributed by atoms with Crippen LogP contribution in [0.4, 0.5) is 5.69 Å². The Bertz CT molecular complexity index is 688. The Balaban J connectivity index is 1.90. The fourth-order valence-electron chi connectivity index (χ4n) is 2.11. The number of hydrogen-bond donors (Lipinski definition) is 1. The van der Waals surface area contributed by atoms with Crippen LogP contribution in [0, 0.1) is 13.8 Å². The molecule has 1 heterocycles. The maximum Gasteiger partial charge on any atom is 0.342 e. The van der Waals surface area contributed by atoms with Crippen molar-refractivity contribution in [3.05, 3.63) is 53.0 Å². The molecule has 0 saturated carbocycles. The minimum atomic E-state index is -0.563. The molecular formula is C17H19NO4. The van der Waals surface area contributed by atoms with Crippen LogP contribution in [-0.4, -0.2) is 18.5 Å². The first kappa shape index (κ1) is 15.8. The number of carbonyl (C=O) groups is 2. The first-order chi connectivity index (χ1) is 10.5. The summed E-state index contributed by atoms with van der Waals surface area (Å²) in [5.74, 6) is 0.176. The summed E-state index contributed by atoms with van der Waals surface area (Å²) in [5.41, 5.74) is 2.16. The zero-order chi connectivity index (χ0) is 16.1. The molecule has 2 aromatic rings. The van der Waals surface area contributed by atoms with Crippen molar-refractivity contribution in [2.24, 2.45) is 0 Å². The van der Waals surface area contributed by atoms with Gasteiger partial charge in [-0.2, -0.15) is 0 Å².